The Morgan fingerprint density at radius 2 is 0.987 bits per heavy atom. The fraction of sp³-hybridized carbons (Fsp3) is 0.814. The van der Waals surface area contributed by atoms with Crippen molar-refractivity contribution in [2.45, 2.75) is 175 Å². The van der Waals surface area contributed by atoms with E-state index in [2.05, 4.69) is 46.6 Å². The van der Waals surface area contributed by atoms with Gasteiger partial charge in [0.15, 0.2) is 36.4 Å². The van der Waals surface area contributed by atoms with Crippen LogP contribution in [0, 0.1) is 0 Å². The lowest BCUT2D eigenvalue weighted by atomic mass is 9.82. The molecule has 0 aromatic carbocycles. The van der Waals surface area contributed by atoms with Gasteiger partial charge in [-0.05, 0) is 84.6 Å². The molecule has 16 atom stereocenters. The average molecular weight is 1070 g/mol. The lowest BCUT2D eigenvalue weighted by Crippen LogP contribution is -2.71. The first-order valence-corrected chi connectivity index (χ1v) is 25.1. The van der Waals surface area contributed by atoms with Gasteiger partial charge in [-0.25, -0.2) is 0 Å². The van der Waals surface area contributed by atoms with Gasteiger partial charge in [-0.15, -0.1) is 0 Å². The lowest BCUT2D eigenvalue weighted by Gasteiger charge is -2.50. The number of aliphatic hydroxyl groups is 3. The number of carbonyl (C=O) groups excluding carboxylic acids is 4. The van der Waals surface area contributed by atoms with Gasteiger partial charge in [0.1, 0.15) is 30.0 Å². The predicted octanol–water partition coefficient (Wildman–Crippen LogP) is -9.82. The van der Waals surface area contributed by atoms with E-state index in [1.807, 2.05) is 0 Å². The summed E-state index contributed by atoms with van der Waals surface area (Å²) in [5.74, 6) is -2.94. The van der Waals surface area contributed by atoms with Gasteiger partial charge in [-0.1, -0.05) is 0 Å². The second-order valence-electron chi connectivity index (χ2n) is 19.2. The van der Waals surface area contributed by atoms with Crippen molar-refractivity contribution in [3.05, 3.63) is 0 Å². The Morgan fingerprint density at radius 3 is 1.39 bits per heavy atom. The van der Waals surface area contributed by atoms with Crippen LogP contribution in [0.1, 0.15) is 77.6 Å². The van der Waals surface area contributed by atoms with E-state index >= 15 is 0 Å². The second-order valence-corrected chi connectivity index (χ2v) is 19.2. The number of ether oxygens (including phenoxy) is 4. The molecule has 2 saturated heterocycles. The average Bonchev–Trinajstić information content (AvgIpc) is 3.34. The molecule has 32 heteroatoms. The summed E-state index contributed by atoms with van der Waals surface area (Å²) in [6, 6.07) is -8.56. The van der Waals surface area contributed by atoms with Crippen LogP contribution in [-0.4, -0.2) is 206 Å². The summed E-state index contributed by atoms with van der Waals surface area (Å²) in [5, 5.41) is 49.5. The number of hydrogen-bond donors (Lipinski definition) is 20. The van der Waals surface area contributed by atoms with Crippen LogP contribution in [0.5, 0.6) is 0 Å². The van der Waals surface area contributed by atoms with Gasteiger partial charge in [0.25, 0.3) is 0 Å². The Hall–Kier alpha value is -5.52. The van der Waals surface area contributed by atoms with Crippen LogP contribution >= 0.6 is 0 Å². The Kier molecular flexibility index (Phi) is 26.8. The summed E-state index contributed by atoms with van der Waals surface area (Å²) in [4.78, 5) is 70.4. The third-order valence-corrected chi connectivity index (χ3v) is 12.9. The van der Waals surface area contributed by atoms with Crippen LogP contribution in [0.3, 0.4) is 0 Å². The van der Waals surface area contributed by atoms with Crippen molar-refractivity contribution >= 4 is 47.5 Å². The fourth-order valence-corrected chi connectivity index (χ4v) is 8.80. The minimum atomic E-state index is -1.83. The van der Waals surface area contributed by atoms with Crippen molar-refractivity contribution in [2.75, 3.05) is 46.4 Å². The van der Waals surface area contributed by atoms with E-state index < -0.39 is 121 Å². The summed E-state index contributed by atoms with van der Waals surface area (Å²) in [6.45, 7) is 1.91. The molecule has 32 nitrogen and oxygen atoms in total. The van der Waals surface area contributed by atoms with Crippen molar-refractivity contribution in [1.82, 2.24) is 26.6 Å². The van der Waals surface area contributed by atoms with Crippen molar-refractivity contribution in [3.8, 4) is 0 Å². The molecule has 2 aliphatic heterocycles. The molecular formula is C43H87N21O11. The molecule has 32 N–H and O–H groups in total. The van der Waals surface area contributed by atoms with Crippen LogP contribution < -0.4 is 95.4 Å². The van der Waals surface area contributed by atoms with Gasteiger partial charge in [0.2, 0.25) is 23.6 Å². The quantitative estimate of drug-likeness (QED) is 0.0180. The molecule has 1 aliphatic carbocycles. The SMILES string of the molecule is CN[C@@H]1[C@H](O)[C@@H](O[C@@H]2[C@H](O)[C@H](O[C@@H]3O[C@H](CNC(=O)[C@@H](N)CCCN=C(N)N)CC[C@H]3NC(=O)[C@@H](N)CCCN=C(N)N)[C@@H](NC(=O)[C@@H](N)CCCN=C(N)N)C[C@H]2NC(=O)[C@@H](N)CCCN=C(N)N)OC[C@]1(C)O. The Labute approximate surface area is 436 Å². The van der Waals surface area contributed by atoms with Crippen LogP contribution in [0.15, 0.2) is 20.0 Å². The van der Waals surface area contributed by atoms with Gasteiger partial charge < -0.3 is 130 Å². The zero-order chi connectivity index (χ0) is 56.0. The number of hydrogen-bond acceptors (Lipinski definition) is 20. The first-order chi connectivity index (χ1) is 35.3. The smallest absolute Gasteiger partial charge is 0.237 e. The summed E-state index contributed by atoms with van der Waals surface area (Å²) in [5.41, 5.74) is 67.1. The minimum Gasteiger partial charge on any atom is -0.388 e. The molecule has 0 unspecified atom stereocenters. The topological polar surface area (TPSA) is 588 Å². The number of carbonyl (C=O) groups is 4. The Balaban J connectivity index is 2.07. The van der Waals surface area contributed by atoms with E-state index in [0.29, 0.717) is 25.7 Å². The molecule has 1 saturated carbocycles. The van der Waals surface area contributed by atoms with E-state index in [-0.39, 0.29) is 108 Å². The fourth-order valence-electron chi connectivity index (χ4n) is 8.80. The summed E-state index contributed by atoms with van der Waals surface area (Å²) < 4.78 is 25.4. The van der Waals surface area contributed by atoms with E-state index in [1.165, 1.54) is 14.0 Å². The van der Waals surface area contributed by atoms with E-state index in [9.17, 15) is 34.5 Å². The van der Waals surface area contributed by atoms with Crippen molar-refractivity contribution < 1.29 is 53.4 Å². The predicted molar refractivity (Wildman–Crippen MR) is 278 cm³/mol. The number of nitrogens with two attached hydrogens (primary N) is 12. The van der Waals surface area contributed by atoms with Gasteiger partial charge in [0, 0.05) is 32.7 Å². The zero-order valence-corrected chi connectivity index (χ0v) is 43.0. The van der Waals surface area contributed by atoms with Crippen molar-refractivity contribution in [3.63, 3.8) is 0 Å². The molecule has 0 radical (unpaired) electrons. The number of guanidine groups is 4. The van der Waals surface area contributed by atoms with Crippen LogP contribution in [0.25, 0.3) is 0 Å². The summed E-state index contributed by atoms with van der Waals surface area (Å²) in [6.07, 6.45) is -7.72. The minimum absolute atomic E-state index is 0.0628. The lowest BCUT2D eigenvalue weighted by molar-refractivity contribution is -0.309. The van der Waals surface area contributed by atoms with Crippen molar-refractivity contribution in [1.29, 1.82) is 0 Å². The number of nitrogens with zero attached hydrogens (tertiary/aromatic N) is 4. The van der Waals surface area contributed by atoms with Crippen LogP contribution in [0.4, 0.5) is 0 Å². The first kappa shape index (κ1) is 63.8. The third kappa shape index (κ3) is 21.6. The van der Waals surface area contributed by atoms with E-state index in [1.54, 1.807) is 0 Å². The Bertz CT molecular complexity index is 1920. The van der Waals surface area contributed by atoms with E-state index in [4.69, 9.17) is 87.8 Å². The summed E-state index contributed by atoms with van der Waals surface area (Å²) in [7, 11) is 1.52. The maximum atomic E-state index is 14.0. The van der Waals surface area contributed by atoms with E-state index in [0.717, 1.165) is 0 Å². The molecule has 2 heterocycles. The third-order valence-electron chi connectivity index (χ3n) is 12.9. The normalized spacial score (nSPS) is 29.2. The molecule has 3 aliphatic rings. The van der Waals surface area contributed by atoms with Gasteiger partial charge in [-0.3, -0.25) is 39.1 Å². The molecule has 3 rings (SSSR count). The standard InChI is InChI=1S/C43H87N21O11/c1-43(71)19-72-38(29(66)32(43)56-2)75-31-27(64-36(70)24(47)10-6-16-60-42(54)55)17-26(63-35(69)23(46)9-5-15-59-41(52)53)30(28(31)65)74-37-25(62-34(68)22(45)8-4-14-58-40(50)51)12-11-20(73-37)18-61-33(67)21(44)7-3-13-57-39(48)49/h20-32,37-38,56,65-66,71H,3-19,44-47H2,1-2H3,(H,61,67)(H,62,68)(H,63,69)(H,64,70)(H4,48,49,57)(H4,50,51,58)(H4,52,53,59)(H4,54,55,60)/t20-,21-,22-,23-,24-,25+,26-,27+,28+,29-,30+,31-,32+,37-,38+,43-/m0/s1. The van der Waals surface area contributed by atoms with Gasteiger partial charge in [0.05, 0.1) is 61.0 Å². The zero-order valence-electron chi connectivity index (χ0n) is 43.0. The Morgan fingerprint density at radius 1 is 0.600 bits per heavy atom. The highest BCUT2D eigenvalue weighted by Crippen LogP contribution is 2.33. The highest BCUT2D eigenvalue weighted by atomic mass is 16.7. The number of likely N-dealkylation sites (N-methyl/N-ethyl adjacent to an activating group) is 1. The molecule has 75 heavy (non-hydrogen) atoms. The molecule has 4 amide bonds. The first-order valence-electron chi connectivity index (χ1n) is 25.1. The van der Waals surface area contributed by atoms with Gasteiger partial charge >= 0.3 is 0 Å². The highest BCUT2D eigenvalue weighted by Gasteiger charge is 2.53. The number of aliphatic imine (C=N–C) groups is 4. The maximum absolute atomic E-state index is 14.0. The number of amides is 4. The number of aliphatic hydroxyl groups excluding tert-OH is 2. The number of nitrogens with one attached hydrogen (secondary N) is 5. The highest BCUT2D eigenvalue weighted by molar-refractivity contribution is 5.83. The molecule has 430 valence electrons. The second kappa shape index (κ2) is 31.5. The molecule has 0 aromatic heterocycles. The monoisotopic (exact) mass is 1070 g/mol. The molecule has 0 aromatic rings. The maximum Gasteiger partial charge on any atom is 0.237 e. The largest absolute Gasteiger partial charge is 0.388 e. The van der Waals surface area contributed by atoms with Crippen molar-refractivity contribution in [2.24, 2.45) is 88.8 Å². The molecular weight excluding hydrogens is 987 g/mol. The summed E-state index contributed by atoms with van der Waals surface area (Å²) >= 11 is 0. The number of rotatable bonds is 30. The molecule has 3 fully saturated rings. The molecule has 0 spiro atoms. The molecule has 0 bridgehead atoms. The van der Waals surface area contributed by atoms with Crippen LogP contribution in [-0.2, 0) is 38.1 Å². The van der Waals surface area contributed by atoms with Crippen LogP contribution in [0.2, 0.25) is 0 Å². The van der Waals surface area contributed by atoms with Gasteiger partial charge in [-0.2, -0.15) is 0 Å².